The van der Waals surface area contributed by atoms with Crippen molar-refractivity contribution in [2.75, 3.05) is 23.1 Å². The summed E-state index contributed by atoms with van der Waals surface area (Å²) in [6.07, 6.45) is 0.836. The smallest absolute Gasteiger partial charge is 0.264 e. The van der Waals surface area contributed by atoms with Crippen molar-refractivity contribution < 1.29 is 13.2 Å². The second-order valence-electron chi connectivity index (χ2n) is 7.95. The number of benzene rings is 3. The van der Waals surface area contributed by atoms with E-state index in [2.05, 4.69) is 5.32 Å². The molecule has 9 heteroatoms. The lowest BCUT2D eigenvalue weighted by atomic mass is 10.1. The second kappa shape index (κ2) is 12.7. The number of halogens is 2. The molecule has 3 aromatic rings. The fraction of sp³-hybridized carbons (Fsp3) is 0.269. The molecule has 0 unspecified atom stereocenters. The Morgan fingerprint density at radius 2 is 1.60 bits per heavy atom. The maximum Gasteiger partial charge on any atom is 0.264 e. The van der Waals surface area contributed by atoms with Gasteiger partial charge >= 0.3 is 0 Å². The third-order valence-corrected chi connectivity index (χ3v) is 8.89. The normalized spacial score (nSPS) is 11.3. The van der Waals surface area contributed by atoms with E-state index >= 15 is 0 Å². The van der Waals surface area contributed by atoms with Gasteiger partial charge in [-0.05, 0) is 60.9 Å². The number of rotatable bonds is 11. The minimum Gasteiger partial charge on any atom is -0.354 e. The van der Waals surface area contributed by atoms with Crippen molar-refractivity contribution in [3.8, 4) is 0 Å². The van der Waals surface area contributed by atoms with Gasteiger partial charge in [0.1, 0.15) is 6.54 Å². The first kappa shape index (κ1) is 27.4. The highest BCUT2D eigenvalue weighted by Gasteiger charge is 2.27. The van der Waals surface area contributed by atoms with E-state index in [1.54, 1.807) is 66.4 Å². The van der Waals surface area contributed by atoms with Gasteiger partial charge in [0.15, 0.2) is 0 Å². The summed E-state index contributed by atoms with van der Waals surface area (Å²) >= 11 is 14.0. The zero-order chi connectivity index (χ0) is 25.4. The second-order valence-corrected chi connectivity index (χ2v) is 11.7. The Morgan fingerprint density at radius 3 is 2.20 bits per heavy atom. The Balaban J connectivity index is 1.66. The topological polar surface area (TPSA) is 66.5 Å². The molecule has 0 saturated carbocycles. The monoisotopic (exact) mass is 550 g/mol. The van der Waals surface area contributed by atoms with Gasteiger partial charge in [-0.2, -0.15) is 11.8 Å². The van der Waals surface area contributed by atoms with Crippen molar-refractivity contribution in [2.45, 2.75) is 30.9 Å². The summed E-state index contributed by atoms with van der Waals surface area (Å²) in [7, 11) is -3.93. The number of nitrogens with one attached hydrogen (secondary N) is 1. The van der Waals surface area contributed by atoms with Gasteiger partial charge < -0.3 is 5.32 Å². The number of carbonyl (C=O) groups excluding carboxylic acids is 1. The van der Waals surface area contributed by atoms with Crippen LogP contribution < -0.4 is 9.62 Å². The van der Waals surface area contributed by atoms with Gasteiger partial charge in [0.2, 0.25) is 5.91 Å². The van der Waals surface area contributed by atoms with Crippen LogP contribution in [0.4, 0.5) is 5.69 Å². The molecule has 1 N–H and O–H groups in total. The largest absolute Gasteiger partial charge is 0.354 e. The molecule has 3 aromatic carbocycles. The van der Waals surface area contributed by atoms with Crippen molar-refractivity contribution in [1.29, 1.82) is 0 Å². The van der Waals surface area contributed by atoms with Gasteiger partial charge in [-0.1, -0.05) is 66.0 Å². The molecule has 0 bridgehead atoms. The summed E-state index contributed by atoms with van der Waals surface area (Å²) in [5, 5.41) is 4.04. The maximum absolute atomic E-state index is 13.4. The number of nitrogens with zero attached hydrogens (tertiary/aromatic N) is 1. The number of thioether (sulfide) groups is 1. The zero-order valence-corrected chi connectivity index (χ0v) is 22.8. The number of amides is 1. The molecule has 0 saturated heterocycles. The minimum atomic E-state index is -3.93. The van der Waals surface area contributed by atoms with Crippen molar-refractivity contribution in [1.82, 2.24) is 5.32 Å². The average molecular weight is 552 g/mol. The molecule has 0 aliphatic carbocycles. The summed E-state index contributed by atoms with van der Waals surface area (Å²) in [6.45, 7) is 3.99. The number of carbonyl (C=O) groups is 1. The fourth-order valence-electron chi connectivity index (χ4n) is 3.34. The van der Waals surface area contributed by atoms with Gasteiger partial charge in [-0.15, -0.1) is 0 Å². The summed E-state index contributed by atoms with van der Waals surface area (Å²) < 4.78 is 28.1. The zero-order valence-electron chi connectivity index (χ0n) is 19.6. The van der Waals surface area contributed by atoms with E-state index in [9.17, 15) is 13.2 Å². The molecule has 0 aliphatic heterocycles. The summed E-state index contributed by atoms with van der Waals surface area (Å²) in [5.74, 6) is 0.867. The van der Waals surface area contributed by atoms with Gasteiger partial charge in [0, 0.05) is 28.1 Å². The highest BCUT2D eigenvalue weighted by Crippen LogP contribution is 2.28. The summed E-state index contributed by atoms with van der Waals surface area (Å²) in [5.41, 5.74) is 3.34. The molecule has 0 atom stereocenters. The molecule has 186 valence electrons. The molecule has 0 spiro atoms. The van der Waals surface area contributed by atoms with Crippen LogP contribution >= 0.6 is 35.0 Å². The average Bonchev–Trinajstić information content (AvgIpc) is 2.84. The van der Waals surface area contributed by atoms with Crippen LogP contribution in [0.2, 0.25) is 10.0 Å². The van der Waals surface area contributed by atoms with Crippen LogP contribution in [0.3, 0.4) is 0 Å². The van der Waals surface area contributed by atoms with Crippen molar-refractivity contribution in [3.63, 3.8) is 0 Å². The molecule has 0 radical (unpaired) electrons. The molecule has 3 rings (SSSR count). The number of aryl methyl sites for hydroxylation is 2. The predicted molar refractivity (Wildman–Crippen MR) is 147 cm³/mol. The number of hydrogen-bond acceptors (Lipinski definition) is 4. The van der Waals surface area contributed by atoms with E-state index in [-0.39, 0.29) is 17.3 Å². The first-order valence-corrected chi connectivity index (χ1v) is 14.5. The van der Waals surface area contributed by atoms with Crippen LogP contribution in [-0.2, 0) is 27.0 Å². The SMILES string of the molecule is CCc1ccc(N(CC(=O)NCCSCc2c(Cl)cccc2Cl)S(=O)(=O)c2ccc(C)cc2)cc1. The van der Waals surface area contributed by atoms with E-state index in [1.165, 1.54) is 0 Å². The van der Waals surface area contributed by atoms with Crippen LogP contribution in [-0.4, -0.2) is 33.2 Å². The molecular formula is C26H28Cl2N2O3S2. The third kappa shape index (κ3) is 7.40. The van der Waals surface area contributed by atoms with E-state index in [1.807, 2.05) is 26.0 Å². The van der Waals surface area contributed by atoms with Crippen LogP contribution in [0, 0.1) is 6.92 Å². The van der Waals surface area contributed by atoms with Crippen LogP contribution in [0.5, 0.6) is 0 Å². The Hall–Kier alpha value is -2.19. The molecular weight excluding hydrogens is 523 g/mol. The van der Waals surface area contributed by atoms with E-state index in [0.29, 0.717) is 33.8 Å². The van der Waals surface area contributed by atoms with Crippen molar-refractivity contribution in [3.05, 3.63) is 93.5 Å². The fourth-order valence-corrected chi connectivity index (χ4v) is 6.36. The Morgan fingerprint density at radius 1 is 0.971 bits per heavy atom. The lowest BCUT2D eigenvalue weighted by molar-refractivity contribution is -0.119. The van der Waals surface area contributed by atoms with Crippen molar-refractivity contribution >= 4 is 56.6 Å². The van der Waals surface area contributed by atoms with Gasteiger partial charge in [-0.3, -0.25) is 9.10 Å². The highest BCUT2D eigenvalue weighted by atomic mass is 35.5. The molecule has 0 aliphatic rings. The third-order valence-electron chi connectivity index (χ3n) is 5.41. The first-order valence-electron chi connectivity index (χ1n) is 11.2. The maximum atomic E-state index is 13.4. The standard InChI is InChI=1S/C26H28Cl2N2O3S2/c1-3-20-9-11-21(12-10-20)30(35(32,33)22-13-7-19(2)8-14-22)17-26(31)29-15-16-34-18-23-24(27)5-4-6-25(23)28/h4-14H,3,15-18H2,1-2H3,(H,29,31). The summed E-state index contributed by atoms with van der Waals surface area (Å²) in [4.78, 5) is 12.9. The minimum absolute atomic E-state index is 0.141. The van der Waals surface area contributed by atoms with E-state index < -0.39 is 10.0 Å². The van der Waals surface area contributed by atoms with E-state index in [4.69, 9.17) is 23.2 Å². The highest BCUT2D eigenvalue weighted by molar-refractivity contribution is 7.98. The number of sulfonamides is 1. The molecule has 0 heterocycles. The van der Waals surface area contributed by atoms with Crippen molar-refractivity contribution in [2.24, 2.45) is 0 Å². The molecule has 0 aromatic heterocycles. The van der Waals surface area contributed by atoms with E-state index in [0.717, 1.165) is 27.4 Å². The Labute approximate surface area is 221 Å². The lowest BCUT2D eigenvalue weighted by Gasteiger charge is -2.24. The number of hydrogen-bond donors (Lipinski definition) is 1. The molecule has 0 fully saturated rings. The van der Waals surface area contributed by atoms with Gasteiger partial charge in [0.05, 0.1) is 10.6 Å². The first-order chi connectivity index (χ1) is 16.7. The molecule has 1 amide bonds. The Bertz CT molecular complexity index is 1230. The van der Waals surface area contributed by atoms with Crippen LogP contribution in [0.15, 0.2) is 71.6 Å². The predicted octanol–water partition coefficient (Wildman–Crippen LogP) is 6.11. The molecule has 35 heavy (non-hydrogen) atoms. The quantitative estimate of drug-likeness (QED) is 0.292. The van der Waals surface area contributed by atoms with Gasteiger partial charge in [-0.25, -0.2) is 8.42 Å². The van der Waals surface area contributed by atoms with Gasteiger partial charge in [0.25, 0.3) is 10.0 Å². The van der Waals surface area contributed by atoms with Crippen LogP contribution in [0.1, 0.15) is 23.6 Å². The van der Waals surface area contributed by atoms with Crippen LogP contribution in [0.25, 0.3) is 0 Å². The number of anilines is 1. The summed E-state index contributed by atoms with van der Waals surface area (Å²) in [6, 6.07) is 19.2. The Kier molecular flexibility index (Phi) is 9.92. The lowest BCUT2D eigenvalue weighted by Crippen LogP contribution is -2.41. The molecule has 5 nitrogen and oxygen atoms in total.